The van der Waals surface area contributed by atoms with Gasteiger partial charge in [-0.05, 0) is 124 Å². The van der Waals surface area contributed by atoms with Crippen molar-refractivity contribution in [1.29, 1.82) is 0 Å². The Bertz CT molecular complexity index is 1740. The van der Waals surface area contributed by atoms with Crippen molar-refractivity contribution in [3.8, 4) is 11.1 Å². The van der Waals surface area contributed by atoms with E-state index in [9.17, 15) is 0 Å². The van der Waals surface area contributed by atoms with Crippen molar-refractivity contribution < 1.29 is 0 Å². The zero-order valence-electron chi connectivity index (χ0n) is 26.6. The first-order valence-corrected chi connectivity index (χ1v) is 15.4. The van der Waals surface area contributed by atoms with E-state index in [1.165, 1.54) is 55.9 Å². The highest BCUT2D eigenvalue weighted by atomic mass is 15.1. The quantitative estimate of drug-likeness (QED) is 0.188. The van der Waals surface area contributed by atoms with Gasteiger partial charge in [-0.2, -0.15) is 0 Å². The minimum absolute atomic E-state index is 1.14. The summed E-state index contributed by atoms with van der Waals surface area (Å²) in [5, 5.41) is 0. The first-order chi connectivity index (χ1) is 21.3. The molecule has 2 nitrogen and oxygen atoms in total. The number of rotatable bonds is 7. The van der Waals surface area contributed by atoms with Crippen molar-refractivity contribution in [2.45, 2.75) is 41.5 Å². The van der Waals surface area contributed by atoms with Crippen molar-refractivity contribution >= 4 is 34.1 Å². The molecule has 0 atom stereocenters. The summed E-state index contributed by atoms with van der Waals surface area (Å²) in [6.45, 7) is 12.9. The van der Waals surface area contributed by atoms with E-state index >= 15 is 0 Å². The third kappa shape index (κ3) is 6.02. The molecule has 0 aliphatic rings. The number of aryl methyl sites for hydroxylation is 6. The van der Waals surface area contributed by atoms with Crippen LogP contribution < -0.4 is 9.80 Å². The molecule has 0 fully saturated rings. The maximum Gasteiger partial charge on any atom is 0.0490 e. The summed E-state index contributed by atoms with van der Waals surface area (Å²) < 4.78 is 0. The predicted molar refractivity (Wildman–Crippen MR) is 190 cm³/mol. The van der Waals surface area contributed by atoms with Crippen molar-refractivity contribution in [3.05, 3.63) is 167 Å². The van der Waals surface area contributed by atoms with Gasteiger partial charge in [0.2, 0.25) is 0 Å². The van der Waals surface area contributed by atoms with Gasteiger partial charge in [-0.25, -0.2) is 0 Å². The van der Waals surface area contributed by atoms with Gasteiger partial charge in [0.1, 0.15) is 0 Å². The number of nitrogens with zero attached hydrogens (tertiary/aromatic N) is 2. The fraction of sp³-hybridized carbons (Fsp3) is 0.143. The molecule has 0 N–H and O–H groups in total. The molecule has 6 aromatic carbocycles. The third-order valence-corrected chi connectivity index (χ3v) is 8.36. The highest BCUT2D eigenvalue weighted by molar-refractivity contribution is 5.82. The van der Waals surface area contributed by atoms with Gasteiger partial charge in [0, 0.05) is 34.1 Å². The van der Waals surface area contributed by atoms with E-state index in [2.05, 4.69) is 185 Å². The molecule has 6 aromatic rings. The molecule has 6 rings (SSSR count). The van der Waals surface area contributed by atoms with Gasteiger partial charge in [-0.3, -0.25) is 0 Å². The monoisotopic (exact) mass is 572 g/mol. The van der Waals surface area contributed by atoms with Gasteiger partial charge in [0.05, 0.1) is 0 Å². The molecule has 0 aromatic heterocycles. The Hall–Kier alpha value is -5.08. The van der Waals surface area contributed by atoms with Crippen LogP contribution >= 0.6 is 0 Å². The Morgan fingerprint density at radius 1 is 0.295 bits per heavy atom. The number of hydrogen-bond donors (Lipinski definition) is 0. The van der Waals surface area contributed by atoms with Gasteiger partial charge in [0.25, 0.3) is 0 Å². The smallest absolute Gasteiger partial charge is 0.0490 e. The Balaban J connectivity index is 1.34. The summed E-state index contributed by atoms with van der Waals surface area (Å²) in [5.41, 5.74) is 16.9. The predicted octanol–water partition coefficient (Wildman–Crippen LogP) is 12.1. The topological polar surface area (TPSA) is 6.48 Å². The van der Waals surface area contributed by atoms with Crippen LogP contribution in [-0.2, 0) is 0 Å². The number of benzene rings is 6. The Morgan fingerprint density at radius 3 is 0.864 bits per heavy atom. The lowest BCUT2D eigenvalue weighted by atomic mass is 10.0. The third-order valence-electron chi connectivity index (χ3n) is 8.36. The van der Waals surface area contributed by atoms with E-state index in [0.29, 0.717) is 0 Å². The Kier molecular flexibility index (Phi) is 8.09. The lowest BCUT2D eigenvalue weighted by Gasteiger charge is -2.28. The van der Waals surface area contributed by atoms with Gasteiger partial charge in [0.15, 0.2) is 0 Å². The second kappa shape index (κ2) is 12.3. The molecule has 2 heteroatoms. The molecule has 0 saturated heterocycles. The van der Waals surface area contributed by atoms with Gasteiger partial charge >= 0.3 is 0 Å². The van der Waals surface area contributed by atoms with E-state index in [0.717, 1.165) is 22.7 Å². The molecular weight excluding hydrogens is 532 g/mol. The van der Waals surface area contributed by atoms with Crippen molar-refractivity contribution in [1.82, 2.24) is 0 Å². The minimum atomic E-state index is 1.14. The van der Waals surface area contributed by atoms with Crippen LogP contribution in [0.25, 0.3) is 11.1 Å². The average Bonchev–Trinajstić information content (AvgIpc) is 3.02. The standard InChI is InChI=1S/C42H40N2/c1-29-7-17-37(18-8-29)43(41-25-11-31(3)27-33(41)5)39-21-13-35(14-22-39)36-15-23-40(24-16-36)44(38-19-9-30(2)10-20-38)42-26-12-32(4)28-34(42)6/h7-28H,1-6H3. The van der Waals surface area contributed by atoms with E-state index in [-0.39, 0.29) is 0 Å². The Morgan fingerprint density at radius 2 is 0.568 bits per heavy atom. The van der Waals surface area contributed by atoms with Crippen LogP contribution in [0.1, 0.15) is 33.4 Å². The van der Waals surface area contributed by atoms with Crippen LogP contribution in [0.5, 0.6) is 0 Å². The van der Waals surface area contributed by atoms with E-state index < -0.39 is 0 Å². The Labute approximate surface area is 262 Å². The zero-order chi connectivity index (χ0) is 30.8. The molecule has 218 valence electrons. The fourth-order valence-electron chi connectivity index (χ4n) is 5.96. The first kappa shape index (κ1) is 29.0. The molecule has 0 spiro atoms. The molecule has 0 unspecified atom stereocenters. The normalized spacial score (nSPS) is 11.0. The molecular formula is C42H40N2. The molecule has 0 aliphatic carbocycles. The second-order valence-corrected chi connectivity index (χ2v) is 12.0. The summed E-state index contributed by atoms with van der Waals surface area (Å²) in [6, 6.07) is 48.8. The minimum Gasteiger partial charge on any atom is -0.310 e. The van der Waals surface area contributed by atoms with E-state index in [1.807, 2.05) is 0 Å². The SMILES string of the molecule is Cc1ccc(N(c2ccc(-c3ccc(N(c4ccc(C)cc4)c4ccc(C)cc4C)cc3)cc2)c2ccc(C)cc2C)cc1. The van der Waals surface area contributed by atoms with Crippen LogP contribution in [0.3, 0.4) is 0 Å². The molecule has 0 saturated carbocycles. The van der Waals surface area contributed by atoms with Crippen LogP contribution in [0, 0.1) is 41.5 Å². The van der Waals surface area contributed by atoms with Crippen molar-refractivity contribution in [2.75, 3.05) is 9.80 Å². The summed E-state index contributed by atoms with van der Waals surface area (Å²) in [4.78, 5) is 4.70. The van der Waals surface area contributed by atoms with Crippen LogP contribution in [-0.4, -0.2) is 0 Å². The molecule has 0 aliphatic heterocycles. The number of hydrogen-bond acceptors (Lipinski definition) is 2. The molecule has 0 heterocycles. The van der Waals surface area contributed by atoms with Gasteiger partial charge in [-0.1, -0.05) is 95.1 Å². The average molecular weight is 573 g/mol. The molecule has 0 radical (unpaired) electrons. The maximum absolute atomic E-state index is 2.35. The summed E-state index contributed by atoms with van der Waals surface area (Å²) in [7, 11) is 0. The summed E-state index contributed by atoms with van der Waals surface area (Å²) in [6.07, 6.45) is 0. The molecule has 0 amide bonds. The molecule has 44 heavy (non-hydrogen) atoms. The van der Waals surface area contributed by atoms with E-state index in [4.69, 9.17) is 0 Å². The van der Waals surface area contributed by atoms with Crippen molar-refractivity contribution in [2.24, 2.45) is 0 Å². The zero-order valence-corrected chi connectivity index (χ0v) is 26.6. The van der Waals surface area contributed by atoms with Crippen molar-refractivity contribution in [3.63, 3.8) is 0 Å². The van der Waals surface area contributed by atoms with Crippen LogP contribution in [0.2, 0.25) is 0 Å². The first-order valence-electron chi connectivity index (χ1n) is 15.4. The number of anilines is 6. The second-order valence-electron chi connectivity index (χ2n) is 12.0. The summed E-state index contributed by atoms with van der Waals surface area (Å²) in [5.74, 6) is 0. The molecule has 0 bridgehead atoms. The highest BCUT2D eigenvalue weighted by Crippen LogP contribution is 2.40. The fourth-order valence-corrected chi connectivity index (χ4v) is 5.96. The van der Waals surface area contributed by atoms with Gasteiger partial charge < -0.3 is 9.80 Å². The van der Waals surface area contributed by atoms with Crippen LogP contribution in [0.15, 0.2) is 133 Å². The maximum atomic E-state index is 2.35. The van der Waals surface area contributed by atoms with Gasteiger partial charge in [-0.15, -0.1) is 0 Å². The largest absolute Gasteiger partial charge is 0.310 e. The lowest BCUT2D eigenvalue weighted by molar-refractivity contribution is 1.23. The van der Waals surface area contributed by atoms with E-state index in [1.54, 1.807) is 0 Å². The summed E-state index contributed by atoms with van der Waals surface area (Å²) >= 11 is 0. The lowest BCUT2D eigenvalue weighted by Crippen LogP contribution is -2.11. The van der Waals surface area contributed by atoms with Crippen LogP contribution in [0.4, 0.5) is 34.1 Å². The highest BCUT2D eigenvalue weighted by Gasteiger charge is 2.17.